The number of pyridine rings is 1. The maximum absolute atomic E-state index is 11.6. The largest absolute Gasteiger partial charge is 0.444 e. The van der Waals surface area contributed by atoms with Crippen LogP contribution in [0.15, 0.2) is 23.3 Å². The lowest BCUT2D eigenvalue weighted by Gasteiger charge is -2.31. The van der Waals surface area contributed by atoms with Crippen LogP contribution in [0.25, 0.3) is 0 Å². The molecule has 0 atom stereocenters. The van der Waals surface area contributed by atoms with Crippen molar-refractivity contribution in [3.63, 3.8) is 0 Å². The van der Waals surface area contributed by atoms with Crippen molar-refractivity contribution in [2.75, 3.05) is 38.1 Å². The second-order valence-corrected chi connectivity index (χ2v) is 8.83. The Morgan fingerprint density at radius 1 is 1.20 bits per heavy atom. The monoisotopic (exact) mass is 418 g/mol. The number of carbonyl (C=O) groups is 1. The van der Waals surface area contributed by atoms with Crippen LogP contribution >= 0.6 is 0 Å². The molecule has 1 aliphatic heterocycles. The van der Waals surface area contributed by atoms with Gasteiger partial charge in [-0.3, -0.25) is 4.99 Å². The summed E-state index contributed by atoms with van der Waals surface area (Å²) in [6.45, 7) is 11.9. The molecule has 0 aliphatic carbocycles. The minimum atomic E-state index is -0.478. The van der Waals surface area contributed by atoms with E-state index in [1.54, 1.807) is 7.05 Å². The highest BCUT2D eigenvalue weighted by molar-refractivity contribution is 5.79. The fraction of sp³-hybridized carbons (Fsp3) is 0.682. The Labute approximate surface area is 180 Å². The van der Waals surface area contributed by atoms with Gasteiger partial charge in [0.15, 0.2) is 5.96 Å². The van der Waals surface area contributed by atoms with E-state index in [-0.39, 0.29) is 6.09 Å². The summed E-state index contributed by atoms with van der Waals surface area (Å²) < 4.78 is 5.21. The number of hydrogen-bond acceptors (Lipinski definition) is 5. The van der Waals surface area contributed by atoms with Crippen LogP contribution < -0.4 is 20.9 Å². The second-order valence-electron chi connectivity index (χ2n) is 8.83. The first kappa shape index (κ1) is 23.8. The lowest BCUT2D eigenvalue weighted by Crippen LogP contribution is -2.39. The first-order valence-corrected chi connectivity index (χ1v) is 10.9. The number of alkyl carbamates (subject to hydrolysis) is 1. The van der Waals surface area contributed by atoms with E-state index in [0.29, 0.717) is 19.6 Å². The van der Waals surface area contributed by atoms with Gasteiger partial charge in [0.25, 0.3) is 0 Å². The van der Waals surface area contributed by atoms with Crippen molar-refractivity contribution in [3.8, 4) is 0 Å². The Morgan fingerprint density at radius 2 is 1.90 bits per heavy atom. The molecule has 3 N–H and O–H groups in total. The molecule has 0 unspecified atom stereocenters. The molecule has 30 heavy (non-hydrogen) atoms. The third-order valence-corrected chi connectivity index (χ3v) is 4.91. The van der Waals surface area contributed by atoms with Crippen LogP contribution in [0.4, 0.5) is 10.6 Å². The Morgan fingerprint density at radius 3 is 2.50 bits per heavy atom. The third kappa shape index (κ3) is 8.88. The molecule has 0 saturated carbocycles. The third-order valence-electron chi connectivity index (χ3n) is 4.91. The van der Waals surface area contributed by atoms with Gasteiger partial charge >= 0.3 is 6.09 Å². The summed E-state index contributed by atoms with van der Waals surface area (Å²) in [5.41, 5.74) is 0.631. The minimum Gasteiger partial charge on any atom is -0.444 e. The zero-order valence-corrected chi connectivity index (χ0v) is 19.1. The number of anilines is 1. The van der Waals surface area contributed by atoms with E-state index in [2.05, 4.69) is 49.9 Å². The average molecular weight is 419 g/mol. The second kappa shape index (κ2) is 11.6. The zero-order valence-electron chi connectivity index (χ0n) is 19.1. The van der Waals surface area contributed by atoms with Crippen molar-refractivity contribution in [2.24, 2.45) is 10.9 Å². The van der Waals surface area contributed by atoms with Gasteiger partial charge in [0, 0.05) is 46.0 Å². The van der Waals surface area contributed by atoms with Gasteiger partial charge in [0.05, 0.1) is 0 Å². The highest BCUT2D eigenvalue weighted by Gasteiger charge is 2.17. The van der Waals surface area contributed by atoms with Gasteiger partial charge in [-0.25, -0.2) is 9.78 Å². The number of ether oxygens (including phenoxy) is 1. The Kier molecular flexibility index (Phi) is 9.20. The van der Waals surface area contributed by atoms with Crippen molar-refractivity contribution in [3.05, 3.63) is 23.9 Å². The molecule has 0 bridgehead atoms. The molecular weight excluding hydrogens is 380 g/mol. The quantitative estimate of drug-likeness (QED) is 0.358. The van der Waals surface area contributed by atoms with E-state index >= 15 is 0 Å². The summed E-state index contributed by atoms with van der Waals surface area (Å²) >= 11 is 0. The summed E-state index contributed by atoms with van der Waals surface area (Å²) in [5, 5.41) is 9.29. The lowest BCUT2D eigenvalue weighted by molar-refractivity contribution is 0.0527. The number of guanidine groups is 1. The standard InChI is InChI=1S/C22H38N6O2/c1-17-9-13-28(14-10-17)19-8-7-18(15-26-19)16-27-20(23-5)24-11-6-12-25-21(29)30-22(2,3)4/h7-8,15,17H,6,9-14,16H2,1-5H3,(H,25,29)(H2,23,24,27). The van der Waals surface area contributed by atoms with Crippen LogP contribution in [0, 0.1) is 5.92 Å². The van der Waals surface area contributed by atoms with Crippen molar-refractivity contribution in [1.82, 2.24) is 20.9 Å². The summed E-state index contributed by atoms with van der Waals surface area (Å²) in [5.74, 6) is 2.60. The molecule has 0 spiro atoms. The number of nitrogens with zero attached hydrogens (tertiary/aromatic N) is 3. The molecule has 2 rings (SSSR count). The number of hydrogen-bond donors (Lipinski definition) is 3. The number of piperidine rings is 1. The molecule has 8 nitrogen and oxygen atoms in total. The number of rotatable bonds is 7. The van der Waals surface area contributed by atoms with Gasteiger partial charge in [-0.15, -0.1) is 0 Å². The van der Waals surface area contributed by atoms with E-state index in [0.717, 1.165) is 42.8 Å². The topological polar surface area (TPSA) is 90.9 Å². The Balaban J connectivity index is 1.65. The highest BCUT2D eigenvalue weighted by atomic mass is 16.6. The molecule has 1 aromatic rings. The van der Waals surface area contributed by atoms with Crippen molar-refractivity contribution in [1.29, 1.82) is 0 Å². The van der Waals surface area contributed by atoms with Crippen LogP contribution in [0.3, 0.4) is 0 Å². The van der Waals surface area contributed by atoms with Crippen LogP contribution in [0.5, 0.6) is 0 Å². The van der Waals surface area contributed by atoms with E-state index < -0.39 is 5.60 Å². The lowest BCUT2D eigenvalue weighted by atomic mass is 9.99. The fourth-order valence-corrected chi connectivity index (χ4v) is 3.15. The maximum Gasteiger partial charge on any atom is 0.407 e. The molecule has 1 amide bonds. The predicted octanol–water partition coefficient (Wildman–Crippen LogP) is 2.90. The Hall–Kier alpha value is -2.51. The molecule has 1 saturated heterocycles. The number of amides is 1. The van der Waals surface area contributed by atoms with Gasteiger partial charge in [-0.1, -0.05) is 13.0 Å². The van der Waals surface area contributed by atoms with E-state index in [1.807, 2.05) is 27.0 Å². The van der Waals surface area contributed by atoms with Crippen LogP contribution in [-0.2, 0) is 11.3 Å². The molecule has 168 valence electrons. The van der Waals surface area contributed by atoms with Gasteiger partial charge in [0.1, 0.15) is 11.4 Å². The highest BCUT2D eigenvalue weighted by Crippen LogP contribution is 2.21. The molecule has 0 aromatic carbocycles. The zero-order chi connectivity index (χ0) is 22.0. The average Bonchev–Trinajstić information content (AvgIpc) is 2.70. The van der Waals surface area contributed by atoms with Gasteiger partial charge in [0.2, 0.25) is 0 Å². The summed E-state index contributed by atoms with van der Waals surface area (Å²) in [4.78, 5) is 22.8. The van der Waals surface area contributed by atoms with Gasteiger partial charge in [-0.2, -0.15) is 0 Å². The molecule has 8 heteroatoms. The predicted molar refractivity (Wildman–Crippen MR) is 122 cm³/mol. The summed E-state index contributed by atoms with van der Waals surface area (Å²) in [6.07, 6.45) is 4.78. The molecule has 1 aliphatic rings. The summed E-state index contributed by atoms with van der Waals surface area (Å²) in [7, 11) is 1.74. The minimum absolute atomic E-state index is 0.389. The molecule has 1 aromatic heterocycles. The normalized spacial score (nSPS) is 15.6. The number of carbonyl (C=O) groups excluding carboxylic acids is 1. The molecule has 2 heterocycles. The first-order chi connectivity index (χ1) is 14.3. The van der Waals surface area contributed by atoms with Crippen LogP contribution in [0.2, 0.25) is 0 Å². The Bertz CT molecular complexity index is 676. The molecule has 0 radical (unpaired) electrons. The maximum atomic E-state index is 11.6. The van der Waals surface area contributed by atoms with Crippen LogP contribution in [0.1, 0.15) is 52.5 Å². The first-order valence-electron chi connectivity index (χ1n) is 10.9. The fourth-order valence-electron chi connectivity index (χ4n) is 3.15. The van der Waals surface area contributed by atoms with Gasteiger partial charge < -0.3 is 25.6 Å². The van der Waals surface area contributed by atoms with E-state index in [1.165, 1.54) is 12.8 Å². The van der Waals surface area contributed by atoms with Gasteiger partial charge in [-0.05, 0) is 57.6 Å². The molecule has 1 fully saturated rings. The van der Waals surface area contributed by atoms with Crippen LogP contribution in [-0.4, -0.2) is 55.9 Å². The smallest absolute Gasteiger partial charge is 0.407 e. The molecular formula is C22H38N6O2. The SMILES string of the molecule is CN=C(NCCCNC(=O)OC(C)(C)C)NCc1ccc(N2CCC(C)CC2)nc1. The summed E-state index contributed by atoms with van der Waals surface area (Å²) in [6, 6.07) is 4.22. The number of aliphatic imine (C=N–C) groups is 1. The van der Waals surface area contributed by atoms with E-state index in [9.17, 15) is 4.79 Å². The van der Waals surface area contributed by atoms with Crippen molar-refractivity contribution >= 4 is 17.9 Å². The van der Waals surface area contributed by atoms with Crippen molar-refractivity contribution < 1.29 is 9.53 Å². The number of nitrogens with one attached hydrogen (secondary N) is 3. The van der Waals surface area contributed by atoms with E-state index in [4.69, 9.17) is 4.74 Å². The number of aromatic nitrogens is 1. The van der Waals surface area contributed by atoms with Crippen molar-refractivity contribution in [2.45, 2.75) is 59.1 Å².